The topological polar surface area (TPSA) is 76.2 Å². The summed E-state index contributed by atoms with van der Waals surface area (Å²) in [5.41, 5.74) is 1.16. The molecule has 0 aliphatic carbocycles. The maximum atomic E-state index is 13.0. The number of amides is 1. The fraction of sp³-hybridized carbons (Fsp3) is 0.316. The van der Waals surface area contributed by atoms with E-state index in [0.717, 1.165) is 16.1 Å². The van der Waals surface area contributed by atoms with Crippen LogP contribution in [0.25, 0.3) is 0 Å². The van der Waals surface area contributed by atoms with Crippen molar-refractivity contribution in [3.8, 4) is 11.5 Å². The number of halogens is 1. The average molecular weight is 425 g/mol. The number of anilines is 1. The number of likely N-dealkylation sites (N-methyl/N-ethyl adjacent to an activating group) is 1. The summed E-state index contributed by atoms with van der Waals surface area (Å²) in [6.45, 7) is 0.177. The van der Waals surface area contributed by atoms with E-state index in [1.165, 1.54) is 11.0 Å². The van der Waals surface area contributed by atoms with Crippen LogP contribution in [0.15, 0.2) is 42.5 Å². The Labute approximate surface area is 169 Å². The van der Waals surface area contributed by atoms with E-state index in [2.05, 4.69) is 0 Å². The van der Waals surface area contributed by atoms with Gasteiger partial charge in [0.2, 0.25) is 10.0 Å². The molecule has 28 heavy (non-hydrogen) atoms. The number of methoxy groups -OCH3 is 1. The van der Waals surface area contributed by atoms with Gasteiger partial charge >= 0.3 is 0 Å². The molecule has 0 saturated carbocycles. The largest absolute Gasteiger partial charge is 0.496 e. The molecule has 150 valence electrons. The summed E-state index contributed by atoms with van der Waals surface area (Å²) in [6, 6.07) is 12.1. The Morgan fingerprint density at radius 2 is 2.04 bits per heavy atom. The molecule has 1 atom stereocenters. The van der Waals surface area contributed by atoms with Crippen LogP contribution in [0.3, 0.4) is 0 Å². The molecule has 3 rings (SSSR count). The van der Waals surface area contributed by atoms with Gasteiger partial charge in [0.1, 0.15) is 11.5 Å². The lowest BCUT2D eigenvalue weighted by atomic mass is 10.1. The van der Waals surface area contributed by atoms with Gasteiger partial charge in [-0.2, -0.15) is 0 Å². The Balaban J connectivity index is 1.85. The Kier molecular flexibility index (Phi) is 5.71. The summed E-state index contributed by atoms with van der Waals surface area (Å²) in [6.07, 6.45) is 0.117. The molecular weight excluding hydrogens is 404 g/mol. The number of hydrogen-bond donors (Lipinski definition) is 0. The first-order valence-corrected chi connectivity index (χ1v) is 10.7. The molecule has 1 heterocycles. The molecule has 1 aliphatic heterocycles. The van der Waals surface area contributed by atoms with Gasteiger partial charge in [-0.15, -0.1) is 0 Å². The van der Waals surface area contributed by atoms with E-state index >= 15 is 0 Å². The van der Waals surface area contributed by atoms with E-state index in [0.29, 0.717) is 28.8 Å². The standard InChI is InChI=1S/C19H21ClN2O5S/c1-21(11-13-6-4-5-7-16(13)26-2)19(23)18-12-22(28(3,24)25)15-10-14(20)8-9-17(15)27-18/h4-10,18H,11-12H2,1-3H3/t18-/m1/s1. The van der Waals surface area contributed by atoms with Gasteiger partial charge in [-0.25, -0.2) is 8.42 Å². The molecule has 0 unspecified atom stereocenters. The summed E-state index contributed by atoms with van der Waals surface area (Å²) in [7, 11) is -0.408. The van der Waals surface area contributed by atoms with Crippen LogP contribution in [0.4, 0.5) is 5.69 Å². The number of carbonyl (C=O) groups excluding carboxylic acids is 1. The normalized spacial score (nSPS) is 16.1. The highest BCUT2D eigenvalue weighted by molar-refractivity contribution is 7.92. The SMILES string of the molecule is COc1ccccc1CN(C)C(=O)[C@H]1CN(S(C)(=O)=O)c2cc(Cl)ccc2O1. The highest BCUT2D eigenvalue weighted by Gasteiger charge is 2.36. The second-order valence-electron chi connectivity index (χ2n) is 6.52. The Morgan fingerprint density at radius 1 is 1.32 bits per heavy atom. The van der Waals surface area contributed by atoms with Gasteiger partial charge < -0.3 is 14.4 Å². The summed E-state index contributed by atoms with van der Waals surface area (Å²) >= 11 is 6.00. The predicted molar refractivity (Wildman–Crippen MR) is 108 cm³/mol. The van der Waals surface area contributed by atoms with Crippen molar-refractivity contribution in [3.63, 3.8) is 0 Å². The fourth-order valence-electron chi connectivity index (χ4n) is 3.08. The smallest absolute Gasteiger partial charge is 0.265 e. The molecule has 0 bridgehead atoms. The van der Waals surface area contributed by atoms with Crippen molar-refractivity contribution < 1.29 is 22.7 Å². The van der Waals surface area contributed by atoms with Gasteiger partial charge in [0.05, 0.1) is 25.6 Å². The number of rotatable bonds is 5. The number of nitrogens with zero attached hydrogens (tertiary/aromatic N) is 2. The van der Waals surface area contributed by atoms with Crippen LogP contribution in [-0.4, -0.2) is 52.3 Å². The van der Waals surface area contributed by atoms with Gasteiger partial charge in [0.15, 0.2) is 6.10 Å². The van der Waals surface area contributed by atoms with E-state index in [1.54, 1.807) is 26.3 Å². The molecule has 0 fully saturated rings. The Bertz CT molecular complexity index is 996. The van der Waals surface area contributed by atoms with Crippen molar-refractivity contribution in [1.82, 2.24) is 4.90 Å². The molecule has 0 spiro atoms. The number of carbonyl (C=O) groups is 1. The summed E-state index contributed by atoms with van der Waals surface area (Å²) in [5.74, 6) is 0.634. The zero-order valence-electron chi connectivity index (χ0n) is 15.8. The second-order valence-corrected chi connectivity index (χ2v) is 8.86. The third-order valence-corrected chi connectivity index (χ3v) is 5.82. The van der Waals surface area contributed by atoms with Crippen molar-refractivity contribution in [2.45, 2.75) is 12.6 Å². The van der Waals surface area contributed by atoms with E-state index in [9.17, 15) is 13.2 Å². The van der Waals surface area contributed by atoms with Crippen LogP contribution in [0.1, 0.15) is 5.56 Å². The van der Waals surface area contributed by atoms with Crippen molar-refractivity contribution in [1.29, 1.82) is 0 Å². The lowest BCUT2D eigenvalue weighted by Gasteiger charge is -2.35. The predicted octanol–water partition coefficient (Wildman–Crippen LogP) is 2.53. The van der Waals surface area contributed by atoms with Gasteiger partial charge in [0, 0.05) is 24.2 Å². The number of hydrogen-bond acceptors (Lipinski definition) is 5. The molecule has 1 aliphatic rings. The molecule has 0 N–H and O–H groups in total. The molecule has 2 aromatic rings. The molecule has 0 radical (unpaired) electrons. The van der Waals surface area contributed by atoms with Crippen LogP contribution in [0.5, 0.6) is 11.5 Å². The number of sulfonamides is 1. The number of fused-ring (bicyclic) bond motifs is 1. The van der Waals surface area contributed by atoms with Gasteiger partial charge in [-0.1, -0.05) is 29.8 Å². The monoisotopic (exact) mass is 424 g/mol. The molecule has 1 amide bonds. The number of ether oxygens (including phenoxy) is 2. The van der Waals surface area contributed by atoms with Crippen LogP contribution in [0.2, 0.25) is 5.02 Å². The van der Waals surface area contributed by atoms with Crippen molar-refractivity contribution in [3.05, 3.63) is 53.1 Å². The van der Waals surface area contributed by atoms with Crippen LogP contribution in [0, 0.1) is 0 Å². The quantitative estimate of drug-likeness (QED) is 0.737. The van der Waals surface area contributed by atoms with Crippen molar-refractivity contribution in [2.75, 3.05) is 31.3 Å². The van der Waals surface area contributed by atoms with Gasteiger partial charge in [-0.3, -0.25) is 9.10 Å². The molecule has 0 saturated heterocycles. The zero-order valence-corrected chi connectivity index (χ0v) is 17.3. The molecule has 2 aromatic carbocycles. The first-order chi connectivity index (χ1) is 13.2. The summed E-state index contributed by atoms with van der Waals surface area (Å²) < 4.78 is 36.8. The highest BCUT2D eigenvalue weighted by atomic mass is 35.5. The maximum absolute atomic E-state index is 13.0. The van der Waals surface area contributed by atoms with E-state index < -0.39 is 16.1 Å². The molecular formula is C19H21ClN2O5S. The second kappa shape index (κ2) is 7.89. The zero-order chi connectivity index (χ0) is 20.5. The van der Waals surface area contributed by atoms with Crippen LogP contribution < -0.4 is 13.8 Å². The minimum absolute atomic E-state index is 0.124. The lowest BCUT2D eigenvalue weighted by Crippen LogP contribution is -2.50. The molecule has 0 aromatic heterocycles. The average Bonchev–Trinajstić information content (AvgIpc) is 2.66. The summed E-state index contributed by atoms with van der Waals surface area (Å²) in [4.78, 5) is 14.5. The van der Waals surface area contributed by atoms with Gasteiger partial charge in [0.25, 0.3) is 5.91 Å². The minimum Gasteiger partial charge on any atom is -0.496 e. The Morgan fingerprint density at radius 3 is 2.71 bits per heavy atom. The molecule has 9 heteroatoms. The van der Waals surface area contributed by atoms with E-state index in [-0.39, 0.29) is 12.5 Å². The van der Waals surface area contributed by atoms with Gasteiger partial charge in [-0.05, 0) is 24.3 Å². The van der Waals surface area contributed by atoms with Crippen molar-refractivity contribution >= 4 is 33.2 Å². The Hall–Kier alpha value is -2.45. The highest BCUT2D eigenvalue weighted by Crippen LogP contribution is 2.37. The first-order valence-electron chi connectivity index (χ1n) is 8.51. The third kappa shape index (κ3) is 4.18. The minimum atomic E-state index is -3.61. The van der Waals surface area contributed by atoms with E-state index in [4.69, 9.17) is 21.1 Å². The molecule has 7 nitrogen and oxygen atoms in total. The third-order valence-electron chi connectivity index (χ3n) is 4.44. The van der Waals surface area contributed by atoms with Crippen LogP contribution in [-0.2, 0) is 21.4 Å². The maximum Gasteiger partial charge on any atom is 0.265 e. The van der Waals surface area contributed by atoms with Crippen molar-refractivity contribution in [2.24, 2.45) is 0 Å². The van der Waals surface area contributed by atoms with E-state index in [1.807, 2.05) is 24.3 Å². The fourth-order valence-corrected chi connectivity index (χ4v) is 4.15. The first kappa shape index (κ1) is 20.3. The lowest BCUT2D eigenvalue weighted by molar-refractivity contribution is -0.137. The number of para-hydroxylation sites is 1. The number of benzene rings is 2. The van der Waals surface area contributed by atoms with Crippen LogP contribution >= 0.6 is 11.6 Å². The summed E-state index contributed by atoms with van der Waals surface area (Å²) in [5, 5.41) is 0.383.